The van der Waals surface area contributed by atoms with E-state index in [9.17, 15) is 0 Å². The van der Waals surface area contributed by atoms with Crippen molar-refractivity contribution in [1.29, 1.82) is 0 Å². The Bertz CT molecular complexity index is 937. The standard InChI is InChI=1S/C22H24N2O/c1-3-4-16-15-20(25-2)6-7-21(16)17-5-8-22-18(13-17)14-19-9-10-23-11-12-24(19)22/h3-8,13-15,23H,9-12H2,1-2H3/b4-3-. The number of nitrogens with one attached hydrogen (secondary N) is 1. The van der Waals surface area contributed by atoms with Gasteiger partial charge in [0.05, 0.1) is 7.11 Å². The molecule has 1 N–H and O–H groups in total. The number of ether oxygens (including phenoxy) is 1. The van der Waals surface area contributed by atoms with Crippen LogP contribution < -0.4 is 10.1 Å². The van der Waals surface area contributed by atoms with Gasteiger partial charge in [0.25, 0.3) is 0 Å². The molecular formula is C22H24N2O. The van der Waals surface area contributed by atoms with E-state index in [1.807, 2.05) is 13.0 Å². The summed E-state index contributed by atoms with van der Waals surface area (Å²) in [7, 11) is 1.71. The lowest BCUT2D eigenvalue weighted by Crippen LogP contribution is -2.17. The van der Waals surface area contributed by atoms with Crippen LogP contribution in [0, 0.1) is 0 Å². The minimum absolute atomic E-state index is 0.890. The largest absolute Gasteiger partial charge is 0.497 e. The van der Waals surface area contributed by atoms with Crippen LogP contribution in [0.2, 0.25) is 0 Å². The maximum atomic E-state index is 5.39. The molecule has 25 heavy (non-hydrogen) atoms. The molecule has 0 bridgehead atoms. The van der Waals surface area contributed by atoms with Gasteiger partial charge in [-0.1, -0.05) is 24.3 Å². The van der Waals surface area contributed by atoms with E-state index >= 15 is 0 Å². The molecule has 2 aromatic carbocycles. The summed E-state index contributed by atoms with van der Waals surface area (Å²) in [5.41, 5.74) is 6.45. The first-order valence-electron chi connectivity index (χ1n) is 8.94. The lowest BCUT2D eigenvalue weighted by Gasteiger charge is -2.10. The zero-order chi connectivity index (χ0) is 17.2. The van der Waals surface area contributed by atoms with Crippen LogP contribution in [-0.4, -0.2) is 24.8 Å². The summed E-state index contributed by atoms with van der Waals surface area (Å²) in [6.45, 7) is 5.20. The summed E-state index contributed by atoms with van der Waals surface area (Å²) in [5.74, 6) is 0.890. The number of benzene rings is 2. The topological polar surface area (TPSA) is 26.2 Å². The van der Waals surface area contributed by atoms with E-state index in [1.165, 1.54) is 33.3 Å². The van der Waals surface area contributed by atoms with Gasteiger partial charge in [0.1, 0.15) is 5.75 Å². The fourth-order valence-electron chi connectivity index (χ4n) is 3.75. The number of nitrogens with zero attached hydrogens (tertiary/aromatic N) is 1. The van der Waals surface area contributed by atoms with Crippen molar-refractivity contribution >= 4 is 17.0 Å². The van der Waals surface area contributed by atoms with Gasteiger partial charge in [-0.2, -0.15) is 0 Å². The highest BCUT2D eigenvalue weighted by molar-refractivity contribution is 5.88. The van der Waals surface area contributed by atoms with Crippen LogP contribution in [-0.2, 0) is 13.0 Å². The highest BCUT2D eigenvalue weighted by Gasteiger charge is 2.13. The number of allylic oxidation sites excluding steroid dienone is 1. The first kappa shape index (κ1) is 16.0. The normalized spacial score (nSPS) is 14.6. The molecule has 0 amide bonds. The molecule has 0 saturated carbocycles. The fourth-order valence-corrected chi connectivity index (χ4v) is 3.75. The van der Waals surface area contributed by atoms with Crippen molar-refractivity contribution in [3.8, 4) is 16.9 Å². The highest BCUT2D eigenvalue weighted by atomic mass is 16.5. The summed E-state index contributed by atoms with van der Waals surface area (Å²) in [4.78, 5) is 0. The van der Waals surface area contributed by atoms with Crippen LogP contribution in [0.4, 0.5) is 0 Å². The molecule has 1 aliphatic rings. The monoisotopic (exact) mass is 332 g/mol. The van der Waals surface area contributed by atoms with Gasteiger partial charge in [0, 0.05) is 42.7 Å². The summed E-state index contributed by atoms with van der Waals surface area (Å²) >= 11 is 0. The van der Waals surface area contributed by atoms with Gasteiger partial charge >= 0.3 is 0 Å². The van der Waals surface area contributed by atoms with Gasteiger partial charge in [0.15, 0.2) is 0 Å². The van der Waals surface area contributed by atoms with E-state index in [0.29, 0.717) is 0 Å². The molecule has 4 rings (SSSR count). The molecule has 128 valence electrons. The molecule has 1 aromatic heterocycles. The van der Waals surface area contributed by atoms with E-state index < -0.39 is 0 Å². The number of fused-ring (bicyclic) bond motifs is 3. The molecule has 1 aliphatic heterocycles. The quantitative estimate of drug-likeness (QED) is 0.764. The van der Waals surface area contributed by atoms with Gasteiger partial charge < -0.3 is 14.6 Å². The zero-order valence-corrected chi connectivity index (χ0v) is 14.9. The van der Waals surface area contributed by atoms with Crippen LogP contribution in [0.1, 0.15) is 18.2 Å². The maximum absolute atomic E-state index is 5.39. The number of rotatable bonds is 3. The molecule has 0 atom stereocenters. The Hall–Kier alpha value is -2.52. The summed E-state index contributed by atoms with van der Waals surface area (Å²) < 4.78 is 7.84. The first-order valence-corrected chi connectivity index (χ1v) is 8.94. The van der Waals surface area contributed by atoms with Crippen molar-refractivity contribution in [2.75, 3.05) is 20.2 Å². The van der Waals surface area contributed by atoms with Crippen molar-refractivity contribution in [3.05, 3.63) is 59.8 Å². The van der Waals surface area contributed by atoms with Crippen molar-refractivity contribution in [2.24, 2.45) is 0 Å². The Labute approximate surface area is 148 Å². The van der Waals surface area contributed by atoms with Crippen LogP contribution in [0.15, 0.2) is 48.5 Å². The van der Waals surface area contributed by atoms with Crippen LogP contribution >= 0.6 is 0 Å². The molecule has 3 nitrogen and oxygen atoms in total. The number of aromatic nitrogens is 1. The summed E-state index contributed by atoms with van der Waals surface area (Å²) in [6.07, 6.45) is 5.31. The Balaban J connectivity index is 1.82. The van der Waals surface area contributed by atoms with E-state index in [-0.39, 0.29) is 0 Å². The number of hydrogen-bond acceptors (Lipinski definition) is 2. The van der Waals surface area contributed by atoms with Gasteiger partial charge in [-0.3, -0.25) is 0 Å². The van der Waals surface area contributed by atoms with E-state index in [1.54, 1.807) is 7.11 Å². The van der Waals surface area contributed by atoms with Crippen molar-refractivity contribution in [1.82, 2.24) is 9.88 Å². The average Bonchev–Trinajstić information content (AvgIpc) is 2.82. The predicted molar refractivity (Wildman–Crippen MR) is 105 cm³/mol. The third-order valence-corrected chi connectivity index (χ3v) is 4.97. The smallest absolute Gasteiger partial charge is 0.119 e. The second kappa shape index (κ2) is 6.77. The second-order valence-corrected chi connectivity index (χ2v) is 6.51. The molecule has 0 unspecified atom stereocenters. The van der Waals surface area contributed by atoms with Gasteiger partial charge in [-0.15, -0.1) is 0 Å². The Morgan fingerprint density at radius 2 is 2.00 bits per heavy atom. The van der Waals surface area contributed by atoms with Crippen molar-refractivity contribution < 1.29 is 4.74 Å². The molecule has 3 heteroatoms. The molecule has 0 fully saturated rings. The third kappa shape index (κ3) is 2.96. The Kier molecular flexibility index (Phi) is 4.33. The molecule has 3 aromatic rings. The lowest BCUT2D eigenvalue weighted by atomic mass is 9.98. The summed E-state index contributed by atoms with van der Waals surface area (Å²) in [6, 6.07) is 15.5. The minimum atomic E-state index is 0.890. The molecule has 0 radical (unpaired) electrons. The van der Waals surface area contributed by atoms with E-state index in [2.05, 4.69) is 58.4 Å². The molecule has 2 heterocycles. The maximum Gasteiger partial charge on any atom is 0.119 e. The van der Waals surface area contributed by atoms with Crippen LogP contribution in [0.25, 0.3) is 28.1 Å². The molecule has 0 spiro atoms. The van der Waals surface area contributed by atoms with E-state index in [0.717, 1.165) is 31.8 Å². The zero-order valence-electron chi connectivity index (χ0n) is 14.9. The molecule has 0 saturated heterocycles. The van der Waals surface area contributed by atoms with Crippen molar-refractivity contribution in [2.45, 2.75) is 19.9 Å². The Morgan fingerprint density at radius 1 is 1.08 bits per heavy atom. The SMILES string of the molecule is C/C=C\c1cc(OC)ccc1-c1ccc2c(c1)cc1n2CCNCC1. The Morgan fingerprint density at radius 3 is 2.84 bits per heavy atom. The average molecular weight is 332 g/mol. The molecule has 0 aliphatic carbocycles. The van der Waals surface area contributed by atoms with Gasteiger partial charge in [-0.05, 0) is 53.9 Å². The van der Waals surface area contributed by atoms with Gasteiger partial charge in [-0.25, -0.2) is 0 Å². The van der Waals surface area contributed by atoms with Crippen LogP contribution in [0.5, 0.6) is 5.75 Å². The fraction of sp³-hybridized carbons (Fsp3) is 0.273. The first-order chi connectivity index (χ1) is 12.3. The number of methoxy groups -OCH3 is 1. The highest BCUT2D eigenvalue weighted by Crippen LogP contribution is 2.32. The third-order valence-electron chi connectivity index (χ3n) is 4.97. The predicted octanol–water partition coefficient (Wildman–Crippen LogP) is 4.50. The lowest BCUT2D eigenvalue weighted by molar-refractivity contribution is 0.415. The summed E-state index contributed by atoms with van der Waals surface area (Å²) in [5, 5.41) is 4.80. The van der Waals surface area contributed by atoms with Crippen molar-refractivity contribution in [3.63, 3.8) is 0 Å². The van der Waals surface area contributed by atoms with E-state index in [4.69, 9.17) is 4.74 Å². The second-order valence-electron chi connectivity index (χ2n) is 6.51. The van der Waals surface area contributed by atoms with Gasteiger partial charge in [0.2, 0.25) is 0 Å². The minimum Gasteiger partial charge on any atom is -0.497 e. The number of hydrogen-bond donors (Lipinski definition) is 1. The van der Waals surface area contributed by atoms with Crippen LogP contribution in [0.3, 0.4) is 0 Å². The molecular weight excluding hydrogens is 308 g/mol.